The Bertz CT molecular complexity index is 508. The minimum absolute atomic E-state index is 0.0154. The molecule has 0 bridgehead atoms. The average Bonchev–Trinajstić information content (AvgIpc) is 2.42. The molecule has 2 rings (SSSR count). The van der Waals surface area contributed by atoms with Gasteiger partial charge >= 0.3 is 0 Å². The van der Waals surface area contributed by atoms with Gasteiger partial charge in [0, 0.05) is 17.5 Å². The minimum atomic E-state index is 0.0154. The maximum atomic E-state index is 12.3. The van der Waals surface area contributed by atoms with Crippen LogP contribution in [0.5, 0.6) is 0 Å². The van der Waals surface area contributed by atoms with Crippen LogP contribution in [0.1, 0.15) is 47.2 Å². The molecule has 0 aliphatic heterocycles. The van der Waals surface area contributed by atoms with Crippen molar-refractivity contribution in [2.45, 2.75) is 45.6 Å². The van der Waals surface area contributed by atoms with Gasteiger partial charge in [0.1, 0.15) is 0 Å². The van der Waals surface area contributed by atoms with E-state index >= 15 is 0 Å². The van der Waals surface area contributed by atoms with Crippen LogP contribution in [0.25, 0.3) is 0 Å². The highest BCUT2D eigenvalue weighted by Gasteiger charge is 2.22. The molecule has 0 aromatic heterocycles. The van der Waals surface area contributed by atoms with Gasteiger partial charge in [-0.05, 0) is 51.2 Å². The van der Waals surface area contributed by atoms with Crippen molar-refractivity contribution in [2.75, 3.05) is 0 Å². The fourth-order valence-electron chi connectivity index (χ4n) is 2.61. The number of nitriles is 1. The third-order valence-electron chi connectivity index (χ3n) is 3.88. The zero-order valence-corrected chi connectivity index (χ0v) is 11.6. The molecular formula is C16H20N2O. The highest BCUT2D eigenvalue weighted by atomic mass is 16.1. The van der Waals surface area contributed by atoms with E-state index in [2.05, 4.69) is 11.4 Å². The number of carbonyl (C=O) groups excluding carboxylic acids is 1. The van der Waals surface area contributed by atoms with Crippen LogP contribution in [0, 0.1) is 31.1 Å². The number of hydrogen-bond donors (Lipinski definition) is 1. The van der Waals surface area contributed by atoms with Gasteiger partial charge in [-0.15, -0.1) is 0 Å². The molecule has 1 fully saturated rings. The van der Waals surface area contributed by atoms with Crippen molar-refractivity contribution >= 4 is 5.91 Å². The number of hydrogen-bond acceptors (Lipinski definition) is 2. The van der Waals surface area contributed by atoms with E-state index in [0.29, 0.717) is 0 Å². The number of nitrogens with zero attached hydrogens (tertiary/aromatic N) is 1. The van der Waals surface area contributed by atoms with Gasteiger partial charge in [-0.3, -0.25) is 4.79 Å². The maximum absolute atomic E-state index is 12.3. The Hall–Kier alpha value is -1.82. The minimum Gasteiger partial charge on any atom is -0.349 e. The van der Waals surface area contributed by atoms with Crippen molar-refractivity contribution in [1.82, 2.24) is 5.32 Å². The van der Waals surface area contributed by atoms with Crippen molar-refractivity contribution in [3.05, 3.63) is 34.9 Å². The summed E-state index contributed by atoms with van der Waals surface area (Å²) in [6.07, 6.45) is 3.62. The molecule has 1 aromatic rings. The number of carbonyl (C=O) groups is 1. The van der Waals surface area contributed by atoms with E-state index < -0.39 is 0 Å². The van der Waals surface area contributed by atoms with Crippen LogP contribution in [-0.4, -0.2) is 11.9 Å². The van der Waals surface area contributed by atoms with Crippen LogP contribution in [0.2, 0.25) is 0 Å². The number of aryl methyl sites for hydroxylation is 2. The van der Waals surface area contributed by atoms with Crippen molar-refractivity contribution in [1.29, 1.82) is 5.26 Å². The van der Waals surface area contributed by atoms with E-state index in [1.807, 2.05) is 32.0 Å². The Morgan fingerprint density at radius 1 is 1.26 bits per heavy atom. The predicted octanol–water partition coefficient (Wildman–Crippen LogP) is 3.12. The van der Waals surface area contributed by atoms with Crippen LogP contribution in [0.4, 0.5) is 0 Å². The summed E-state index contributed by atoms with van der Waals surface area (Å²) in [5.41, 5.74) is 2.88. The van der Waals surface area contributed by atoms with Crippen LogP contribution in [0.15, 0.2) is 18.2 Å². The summed E-state index contributed by atoms with van der Waals surface area (Å²) in [5.74, 6) is 0.190. The largest absolute Gasteiger partial charge is 0.349 e. The molecule has 0 radical (unpaired) electrons. The summed E-state index contributed by atoms with van der Waals surface area (Å²) >= 11 is 0. The first-order valence-electron chi connectivity index (χ1n) is 6.88. The summed E-state index contributed by atoms with van der Waals surface area (Å²) in [6, 6.07) is 8.47. The number of benzene rings is 1. The van der Waals surface area contributed by atoms with Crippen LogP contribution >= 0.6 is 0 Å². The van der Waals surface area contributed by atoms with E-state index in [1.165, 1.54) is 0 Å². The van der Waals surface area contributed by atoms with Crippen molar-refractivity contribution < 1.29 is 4.79 Å². The number of nitrogens with one attached hydrogen (secondary N) is 1. The Morgan fingerprint density at radius 2 is 1.95 bits per heavy atom. The zero-order chi connectivity index (χ0) is 13.8. The van der Waals surface area contributed by atoms with Crippen molar-refractivity contribution in [3.8, 4) is 6.07 Å². The van der Waals surface area contributed by atoms with E-state index in [9.17, 15) is 4.79 Å². The molecule has 19 heavy (non-hydrogen) atoms. The lowest BCUT2D eigenvalue weighted by Gasteiger charge is -2.25. The first kappa shape index (κ1) is 13.6. The fraction of sp³-hybridized carbons (Fsp3) is 0.500. The van der Waals surface area contributed by atoms with Crippen molar-refractivity contribution in [2.24, 2.45) is 5.92 Å². The van der Waals surface area contributed by atoms with Crippen LogP contribution < -0.4 is 5.32 Å². The van der Waals surface area contributed by atoms with Crippen LogP contribution in [-0.2, 0) is 0 Å². The molecule has 1 aromatic carbocycles. The SMILES string of the molecule is Cc1ccc(C)c(C(=O)NC2CCC(C#N)CC2)c1. The molecule has 0 atom stereocenters. The van der Waals surface area contributed by atoms with Gasteiger partial charge in [0.05, 0.1) is 6.07 Å². The Labute approximate surface area is 114 Å². The molecule has 1 aliphatic rings. The lowest BCUT2D eigenvalue weighted by molar-refractivity contribution is 0.0924. The number of rotatable bonds is 2. The maximum Gasteiger partial charge on any atom is 0.251 e. The Kier molecular flexibility index (Phi) is 4.21. The topological polar surface area (TPSA) is 52.9 Å². The summed E-state index contributed by atoms with van der Waals surface area (Å²) in [7, 11) is 0. The summed E-state index contributed by atoms with van der Waals surface area (Å²) < 4.78 is 0. The Morgan fingerprint density at radius 3 is 2.58 bits per heavy atom. The molecule has 3 heteroatoms. The highest BCUT2D eigenvalue weighted by molar-refractivity contribution is 5.96. The van der Waals surface area contributed by atoms with Gasteiger partial charge in [-0.1, -0.05) is 17.7 Å². The van der Waals surface area contributed by atoms with Gasteiger partial charge in [0.15, 0.2) is 0 Å². The zero-order valence-electron chi connectivity index (χ0n) is 11.6. The molecule has 0 saturated heterocycles. The third-order valence-corrected chi connectivity index (χ3v) is 3.88. The van der Waals surface area contributed by atoms with Gasteiger partial charge in [-0.2, -0.15) is 5.26 Å². The highest BCUT2D eigenvalue weighted by Crippen LogP contribution is 2.24. The fourth-order valence-corrected chi connectivity index (χ4v) is 2.61. The first-order valence-corrected chi connectivity index (χ1v) is 6.88. The second kappa shape index (κ2) is 5.88. The monoisotopic (exact) mass is 256 g/mol. The second-order valence-electron chi connectivity index (χ2n) is 5.47. The summed E-state index contributed by atoms with van der Waals surface area (Å²) in [4.78, 5) is 12.3. The van der Waals surface area contributed by atoms with E-state index in [0.717, 1.165) is 42.4 Å². The van der Waals surface area contributed by atoms with Gasteiger partial charge < -0.3 is 5.32 Å². The normalized spacial score (nSPS) is 22.6. The molecule has 0 heterocycles. The van der Waals surface area contributed by atoms with Gasteiger partial charge in [0.2, 0.25) is 0 Å². The van der Waals surface area contributed by atoms with Crippen molar-refractivity contribution in [3.63, 3.8) is 0 Å². The average molecular weight is 256 g/mol. The van der Waals surface area contributed by atoms with E-state index in [1.54, 1.807) is 0 Å². The standard InChI is InChI=1S/C16H20N2O/c1-11-3-4-12(2)15(9-11)16(19)18-14-7-5-13(10-17)6-8-14/h3-4,9,13-14H,5-8H2,1-2H3,(H,18,19). The van der Waals surface area contributed by atoms with E-state index in [4.69, 9.17) is 5.26 Å². The van der Waals surface area contributed by atoms with Crippen LogP contribution in [0.3, 0.4) is 0 Å². The first-order chi connectivity index (χ1) is 9.10. The molecular weight excluding hydrogens is 236 g/mol. The smallest absolute Gasteiger partial charge is 0.251 e. The second-order valence-corrected chi connectivity index (χ2v) is 5.47. The molecule has 1 saturated carbocycles. The molecule has 0 unspecified atom stereocenters. The molecule has 100 valence electrons. The summed E-state index contributed by atoms with van der Waals surface area (Å²) in [5, 5.41) is 12.0. The molecule has 0 spiro atoms. The molecule has 1 amide bonds. The number of amides is 1. The predicted molar refractivity (Wildman–Crippen MR) is 74.7 cm³/mol. The lowest BCUT2D eigenvalue weighted by Crippen LogP contribution is -2.37. The van der Waals surface area contributed by atoms with Gasteiger partial charge in [0.25, 0.3) is 5.91 Å². The molecule has 1 N–H and O–H groups in total. The van der Waals surface area contributed by atoms with Gasteiger partial charge in [-0.25, -0.2) is 0 Å². The molecule has 1 aliphatic carbocycles. The lowest BCUT2D eigenvalue weighted by atomic mass is 9.87. The quantitative estimate of drug-likeness (QED) is 0.884. The third kappa shape index (κ3) is 3.35. The summed E-state index contributed by atoms with van der Waals surface area (Å²) in [6.45, 7) is 3.95. The molecule has 3 nitrogen and oxygen atoms in total. The van der Waals surface area contributed by atoms with E-state index in [-0.39, 0.29) is 17.9 Å². The Balaban J connectivity index is 1.98.